The lowest BCUT2D eigenvalue weighted by atomic mass is 9.90. The first-order chi connectivity index (χ1) is 3.52. The van der Waals surface area contributed by atoms with E-state index in [1.165, 1.54) is 0 Å². The van der Waals surface area contributed by atoms with Crippen LogP contribution in [0.3, 0.4) is 0 Å². The van der Waals surface area contributed by atoms with Crippen LogP contribution in [-0.4, -0.2) is 11.2 Å². The van der Waals surface area contributed by atoms with Crippen molar-refractivity contribution in [3.8, 4) is 0 Å². The largest absolute Gasteiger partial charge is 0.393 e. The summed E-state index contributed by atoms with van der Waals surface area (Å²) in [6, 6.07) is 0. The summed E-state index contributed by atoms with van der Waals surface area (Å²) >= 11 is 0. The molecular formula is C7H14O. The smallest absolute Gasteiger partial charge is 0.0578 e. The number of aliphatic hydroxyl groups is 1. The first kappa shape index (κ1) is 6.09. The highest BCUT2D eigenvalue weighted by molar-refractivity contribution is 4.93. The highest BCUT2D eigenvalue weighted by Gasteiger charge is 2.43. The lowest BCUT2D eigenvalue weighted by Gasteiger charge is -2.16. The fourth-order valence-electron chi connectivity index (χ4n) is 1.11. The van der Waals surface area contributed by atoms with Gasteiger partial charge in [-0.25, -0.2) is 0 Å². The highest BCUT2D eigenvalue weighted by atomic mass is 16.3. The van der Waals surface area contributed by atoms with E-state index >= 15 is 0 Å². The Hall–Kier alpha value is -0.0400. The van der Waals surface area contributed by atoms with Crippen molar-refractivity contribution in [2.75, 3.05) is 0 Å². The van der Waals surface area contributed by atoms with Gasteiger partial charge in [-0.15, -0.1) is 0 Å². The van der Waals surface area contributed by atoms with Gasteiger partial charge in [0.25, 0.3) is 0 Å². The second-order valence-electron chi connectivity index (χ2n) is 3.78. The Balaban J connectivity index is 2.39. The van der Waals surface area contributed by atoms with Crippen LogP contribution >= 0.6 is 0 Å². The average molecular weight is 114 g/mol. The summed E-state index contributed by atoms with van der Waals surface area (Å²) in [5.74, 6) is 0.572. The Bertz CT molecular complexity index is 91.1. The normalized spacial score (nSPS) is 37.5. The fraction of sp³-hybridized carbons (Fsp3) is 1.00. The van der Waals surface area contributed by atoms with Crippen molar-refractivity contribution in [3.05, 3.63) is 0 Å². The summed E-state index contributed by atoms with van der Waals surface area (Å²) in [4.78, 5) is 0. The summed E-state index contributed by atoms with van der Waals surface area (Å²) in [6.07, 6.45) is 1.03. The van der Waals surface area contributed by atoms with Gasteiger partial charge in [-0.05, 0) is 17.8 Å². The molecule has 8 heavy (non-hydrogen) atoms. The van der Waals surface area contributed by atoms with Crippen molar-refractivity contribution >= 4 is 0 Å². The molecule has 0 aromatic heterocycles. The summed E-state index contributed by atoms with van der Waals surface area (Å²) in [5.41, 5.74) is 0.333. The molecule has 1 nitrogen and oxygen atoms in total. The molecule has 1 N–H and O–H groups in total. The minimum absolute atomic E-state index is 0.00926. The molecule has 1 heteroatoms. The van der Waals surface area contributed by atoms with Gasteiger partial charge in [0.1, 0.15) is 0 Å². The van der Waals surface area contributed by atoms with Gasteiger partial charge in [0, 0.05) is 0 Å². The van der Waals surface area contributed by atoms with Crippen molar-refractivity contribution in [1.82, 2.24) is 0 Å². The van der Waals surface area contributed by atoms with Gasteiger partial charge in [0.15, 0.2) is 0 Å². The van der Waals surface area contributed by atoms with E-state index in [1.54, 1.807) is 0 Å². The molecule has 0 aromatic rings. The van der Waals surface area contributed by atoms with Gasteiger partial charge in [-0.3, -0.25) is 0 Å². The molecule has 1 aliphatic rings. The lowest BCUT2D eigenvalue weighted by Crippen LogP contribution is -2.10. The average Bonchev–Trinajstić information content (AvgIpc) is 2.13. The van der Waals surface area contributed by atoms with Crippen LogP contribution in [0.2, 0.25) is 0 Å². The third-order valence-corrected chi connectivity index (χ3v) is 1.87. The van der Waals surface area contributed by atoms with E-state index in [4.69, 9.17) is 5.11 Å². The molecule has 0 bridgehead atoms. The molecule has 0 aliphatic heterocycles. The maximum Gasteiger partial charge on any atom is 0.0578 e. The Morgan fingerprint density at radius 3 is 1.75 bits per heavy atom. The first-order valence-electron chi connectivity index (χ1n) is 3.20. The van der Waals surface area contributed by atoms with Gasteiger partial charge in [0.05, 0.1) is 6.10 Å². The van der Waals surface area contributed by atoms with E-state index in [2.05, 4.69) is 20.8 Å². The van der Waals surface area contributed by atoms with Crippen LogP contribution in [-0.2, 0) is 0 Å². The van der Waals surface area contributed by atoms with Crippen LogP contribution in [0.5, 0.6) is 0 Å². The predicted octanol–water partition coefficient (Wildman–Crippen LogP) is 1.41. The van der Waals surface area contributed by atoms with Crippen LogP contribution in [0.1, 0.15) is 27.2 Å². The molecule has 1 fully saturated rings. The van der Waals surface area contributed by atoms with E-state index in [0.717, 1.165) is 6.42 Å². The second kappa shape index (κ2) is 1.47. The second-order valence-corrected chi connectivity index (χ2v) is 3.78. The molecule has 1 aliphatic carbocycles. The number of aliphatic hydroxyl groups excluding tert-OH is 1. The maximum atomic E-state index is 8.96. The van der Waals surface area contributed by atoms with E-state index in [1.807, 2.05) is 0 Å². The highest BCUT2D eigenvalue weighted by Crippen LogP contribution is 2.44. The zero-order valence-corrected chi connectivity index (χ0v) is 5.81. The van der Waals surface area contributed by atoms with Crippen LogP contribution in [0.25, 0.3) is 0 Å². The van der Waals surface area contributed by atoms with Crippen LogP contribution in [0, 0.1) is 11.3 Å². The Kier molecular flexibility index (Phi) is 1.12. The van der Waals surface area contributed by atoms with Gasteiger partial charge >= 0.3 is 0 Å². The summed E-state index contributed by atoms with van der Waals surface area (Å²) in [6.45, 7) is 6.52. The molecular weight excluding hydrogens is 100 g/mol. The van der Waals surface area contributed by atoms with Gasteiger partial charge in [0.2, 0.25) is 0 Å². The molecule has 0 heterocycles. The molecule has 2 atom stereocenters. The molecule has 1 rings (SSSR count). The summed E-state index contributed by atoms with van der Waals surface area (Å²) in [5, 5.41) is 8.96. The number of hydrogen-bond acceptors (Lipinski definition) is 1. The van der Waals surface area contributed by atoms with Crippen molar-refractivity contribution in [1.29, 1.82) is 0 Å². The molecule has 0 radical (unpaired) electrons. The molecule has 0 saturated heterocycles. The molecule has 1 saturated carbocycles. The minimum atomic E-state index is 0.00926. The van der Waals surface area contributed by atoms with Crippen molar-refractivity contribution in [2.24, 2.45) is 11.3 Å². The number of hydrogen-bond donors (Lipinski definition) is 1. The quantitative estimate of drug-likeness (QED) is 0.505. The Labute approximate surface area is 50.7 Å². The van der Waals surface area contributed by atoms with Crippen molar-refractivity contribution < 1.29 is 5.11 Å². The molecule has 0 aromatic carbocycles. The van der Waals surface area contributed by atoms with Gasteiger partial charge < -0.3 is 5.11 Å². The van der Waals surface area contributed by atoms with E-state index in [0.29, 0.717) is 11.3 Å². The first-order valence-corrected chi connectivity index (χ1v) is 3.20. The SMILES string of the molecule is CC(C)(C)C1CC1O. The van der Waals surface area contributed by atoms with Gasteiger partial charge in [-0.2, -0.15) is 0 Å². The van der Waals surface area contributed by atoms with Gasteiger partial charge in [-0.1, -0.05) is 20.8 Å². The minimum Gasteiger partial charge on any atom is -0.393 e. The van der Waals surface area contributed by atoms with E-state index in [-0.39, 0.29) is 6.10 Å². The molecule has 0 amide bonds. The molecule has 0 spiro atoms. The third kappa shape index (κ3) is 1.03. The predicted molar refractivity (Wildman–Crippen MR) is 33.6 cm³/mol. The van der Waals surface area contributed by atoms with Crippen molar-refractivity contribution in [2.45, 2.75) is 33.3 Å². The fourth-order valence-corrected chi connectivity index (χ4v) is 1.11. The van der Waals surface area contributed by atoms with Crippen LogP contribution in [0.15, 0.2) is 0 Å². The zero-order valence-electron chi connectivity index (χ0n) is 5.81. The van der Waals surface area contributed by atoms with Crippen LogP contribution < -0.4 is 0 Å². The topological polar surface area (TPSA) is 20.2 Å². The third-order valence-electron chi connectivity index (χ3n) is 1.87. The number of rotatable bonds is 0. The monoisotopic (exact) mass is 114 g/mol. The standard InChI is InChI=1S/C7H14O/c1-7(2,3)5-4-6(5)8/h5-6,8H,4H2,1-3H3. The molecule has 2 unspecified atom stereocenters. The zero-order chi connectivity index (χ0) is 6.36. The summed E-state index contributed by atoms with van der Waals surface area (Å²) < 4.78 is 0. The van der Waals surface area contributed by atoms with Crippen LogP contribution in [0.4, 0.5) is 0 Å². The van der Waals surface area contributed by atoms with E-state index in [9.17, 15) is 0 Å². The molecule has 48 valence electrons. The summed E-state index contributed by atoms with van der Waals surface area (Å²) in [7, 11) is 0. The maximum absolute atomic E-state index is 8.96. The Morgan fingerprint density at radius 2 is 1.75 bits per heavy atom. The van der Waals surface area contributed by atoms with E-state index < -0.39 is 0 Å². The lowest BCUT2D eigenvalue weighted by molar-refractivity contribution is 0.211. The Morgan fingerprint density at radius 1 is 1.38 bits per heavy atom. The van der Waals surface area contributed by atoms with Crippen molar-refractivity contribution in [3.63, 3.8) is 0 Å².